The first-order chi connectivity index (χ1) is 5.16. The fourth-order valence-electron chi connectivity index (χ4n) is 0.789. The first-order valence-corrected chi connectivity index (χ1v) is 3.11. The van der Waals surface area contributed by atoms with E-state index in [1.165, 1.54) is 6.20 Å². The molecule has 0 saturated heterocycles. The first kappa shape index (κ1) is 7.42. The maximum absolute atomic E-state index is 10.9. The molecule has 0 spiro atoms. The minimum atomic E-state index is -0.290. The van der Waals surface area contributed by atoms with Crippen LogP contribution in [0.25, 0.3) is 0 Å². The fraction of sp³-hybridized carbons (Fsp3) is 0.125. The van der Waals surface area contributed by atoms with Crippen molar-refractivity contribution in [2.45, 2.75) is 6.92 Å². The third-order valence-electron chi connectivity index (χ3n) is 1.56. The third kappa shape index (κ3) is 1.10. The van der Waals surface area contributed by atoms with Crippen molar-refractivity contribution in [2.75, 3.05) is 5.73 Å². The minimum Gasteiger partial charge on any atom is -0.394 e. The molecular formula is C8H8N2O. The van der Waals surface area contributed by atoms with E-state index in [9.17, 15) is 4.79 Å². The standard InChI is InChI=1S/C8H8N2O/c1-3-6-4-10-8(11)7(9)5(6)2/h1,4H,9H2,2H3,(H,10,11). The molecule has 11 heavy (non-hydrogen) atoms. The van der Waals surface area contributed by atoms with Gasteiger partial charge in [0, 0.05) is 11.8 Å². The molecule has 0 radical (unpaired) electrons. The van der Waals surface area contributed by atoms with Gasteiger partial charge in [0.05, 0.1) is 0 Å². The van der Waals surface area contributed by atoms with Gasteiger partial charge in [-0.15, -0.1) is 6.42 Å². The van der Waals surface area contributed by atoms with Gasteiger partial charge in [0.25, 0.3) is 5.56 Å². The fourth-order valence-corrected chi connectivity index (χ4v) is 0.789. The van der Waals surface area contributed by atoms with Crippen LogP contribution in [0, 0.1) is 19.3 Å². The van der Waals surface area contributed by atoms with E-state index in [1.54, 1.807) is 6.92 Å². The molecule has 1 aromatic heterocycles. The molecule has 0 amide bonds. The number of nitrogens with one attached hydrogen (secondary N) is 1. The zero-order valence-electron chi connectivity index (χ0n) is 6.14. The van der Waals surface area contributed by atoms with Crippen LogP contribution in [0.2, 0.25) is 0 Å². The molecule has 0 aliphatic carbocycles. The molecular weight excluding hydrogens is 140 g/mol. The first-order valence-electron chi connectivity index (χ1n) is 3.11. The lowest BCUT2D eigenvalue weighted by atomic mass is 10.1. The molecule has 0 bridgehead atoms. The average molecular weight is 148 g/mol. The number of H-pyrrole nitrogens is 1. The Morgan fingerprint density at radius 1 is 1.73 bits per heavy atom. The Kier molecular flexibility index (Phi) is 1.69. The molecule has 56 valence electrons. The largest absolute Gasteiger partial charge is 0.394 e. The smallest absolute Gasteiger partial charge is 0.271 e. The quantitative estimate of drug-likeness (QED) is 0.518. The van der Waals surface area contributed by atoms with Crippen LogP contribution in [-0.2, 0) is 0 Å². The zero-order valence-corrected chi connectivity index (χ0v) is 6.14. The van der Waals surface area contributed by atoms with Gasteiger partial charge >= 0.3 is 0 Å². The summed E-state index contributed by atoms with van der Waals surface area (Å²) < 4.78 is 0. The normalized spacial score (nSPS) is 9.09. The summed E-state index contributed by atoms with van der Waals surface area (Å²) in [4.78, 5) is 13.3. The van der Waals surface area contributed by atoms with Gasteiger partial charge in [-0.25, -0.2) is 0 Å². The molecule has 0 saturated carbocycles. The third-order valence-corrected chi connectivity index (χ3v) is 1.56. The van der Waals surface area contributed by atoms with E-state index in [2.05, 4.69) is 10.9 Å². The number of pyridine rings is 1. The number of rotatable bonds is 0. The number of aromatic amines is 1. The van der Waals surface area contributed by atoms with E-state index in [4.69, 9.17) is 12.2 Å². The molecule has 3 N–H and O–H groups in total. The van der Waals surface area contributed by atoms with E-state index < -0.39 is 0 Å². The molecule has 3 nitrogen and oxygen atoms in total. The number of anilines is 1. The summed E-state index contributed by atoms with van der Waals surface area (Å²) in [5.41, 5.74) is 6.61. The summed E-state index contributed by atoms with van der Waals surface area (Å²) in [6, 6.07) is 0. The van der Waals surface area contributed by atoms with Gasteiger partial charge in [-0.3, -0.25) is 4.79 Å². The maximum Gasteiger partial charge on any atom is 0.271 e. The average Bonchev–Trinajstić information content (AvgIpc) is 2.01. The number of hydrogen-bond acceptors (Lipinski definition) is 2. The van der Waals surface area contributed by atoms with Crippen molar-refractivity contribution in [1.29, 1.82) is 0 Å². The highest BCUT2D eigenvalue weighted by Gasteiger charge is 2.01. The number of aromatic nitrogens is 1. The summed E-state index contributed by atoms with van der Waals surface area (Å²) in [6.45, 7) is 1.72. The van der Waals surface area contributed by atoms with E-state index in [1.807, 2.05) is 0 Å². The highest BCUT2D eigenvalue weighted by Crippen LogP contribution is 2.07. The number of hydrogen-bond donors (Lipinski definition) is 2. The lowest BCUT2D eigenvalue weighted by Gasteiger charge is -1.99. The second kappa shape index (κ2) is 2.51. The molecule has 0 aliphatic heterocycles. The summed E-state index contributed by atoms with van der Waals surface area (Å²) >= 11 is 0. The molecule has 1 rings (SSSR count). The van der Waals surface area contributed by atoms with Gasteiger partial charge in [0.2, 0.25) is 0 Å². The van der Waals surface area contributed by atoms with Crippen LogP contribution < -0.4 is 11.3 Å². The van der Waals surface area contributed by atoms with Gasteiger partial charge in [0.15, 0.2) is 0 Å². The van der Waals surface area contributed by atoms with E-state index >= 15 is 0 Å². The topological polar surface area (TPSA) is 58.9 Å². The van der Waals surface area contributed by atoms with Gasteiger partial charge in [-0.05, 0) is 12.5 Å². The second-order valence-electron chi connectivity index (χ2n) is 2.21. The summed E-state index contributed by atoms with van der Waals surface area (Å²) in [5, 5.41) is 0. The van der Waals surface area contributed by atoms with Crippen molar-refractivity contribution in [3.05, 3.63) is 27.7 Å². The molecule has 1 heterocycles. The lowest BCUT2D eigenvalue weighted by Crippen LogP contribution is -2.13. The second-order valence-corrected chi connectivity index (χ2v) is 2.21. The molecule has 0 aromatic carbocycles. The Morgan fingerprint density at radius 3 is 2.91 bits per heavy atom. The van der Waals surface area contributed by atoms with Crippen LogP contribution in [0.4, 0.5) is 5.69 Å². The van der Waals surface area contributed by atoms with Crippen molar-refractivity contribution in [3.63, 3.8) is 0 Å². The number of terminal acetylenes is 1. The predicted molar refractivity (Wildman–Crippen MR) is 44.1 cm³/mol. The van der Waals surface area contributed by atoms with Crippen molar-refractivity contribution >= 4 is 5.69 Å². The van der Waals surface area contributed by atoms with Gasteiger partial charge in [0.1, 0.15) is 5.69 Å². The highest BCUT2D eigenvalue weighted by atomic mass is 16.1. The molecule has 0 fully saturated rings. The zero-order chi connectivity index (χ0) is 8.43. The van der Waals surface area contributed by atoms with Crippen LogP contribution >= 0.6 is 0 Å². The van der Waals surface area contributed by atoms with Crippen LogP contribution in [-0.4, -0.2) is 4.98 Å². The Bertz CT molecular complexity index is 371. The van der Waals surface area contributed by atoms with E-state index in [0.29, 0.717) is 11.1 Å². The lowest BCUT2D eigenvalue weighted by molar-refractivity contribution is 1.20. The van der Waals surface area contributed by atoms with Crippen LogP contribution in [0.1, 0.15) is 11.1 Å². The van der Waals surface area contributed by atoms with Gasteiger partial charge in [-0.2, -0.15) is 0 Å². The predicted octanol–water partition coefficient (Wildman–Crippen LogP) is 0.247. The minimum absolute atomic E-state index is 0.195. The van der Waals surface area contributed by atoms with Crippen LogP contribution in [0.5, 0.6) is 0 Å². The van der Waals surface area contributed by atoms with Gasteiger partial charge < -0.3 is 10.7 Å². The molecule has 0 atom stereocenters. The van der Waals surface area contributed by atoms with E-state index in [0.717, 1.165) is 0 Å². The summed E-state index contributed by atoms with van der Waals surface area (Å²) in [5.74, 6) is 2.41. The van der Waals surface area contributed by atoms with Crippen LogP contribution in [0.15, 0.2) is 11.0 Å². The van der Waals surface area contributed by atoms with E-state index in [-0.39, 0.29) is 11.2 Å². The number of nitrogen functional groups attached to an aromatic ring is 1. The van der Waals surface area contributed by atoms with Crippen molar-refractivity contribution < 1.29 is 0 Å². The summed E-state index contributed by atoms with van der Waals surface area (Å²) in [6.07, 6.45) is 6.62. The molecule has 3 heteroatoms. The van der Waals surface area contributed by atoms with Gasteiger partial charge in [-0.1, -0.05) is 5.92 Å². The maximum atomic E-state index is 10.9. The van der Waals surface area contributed by atoms with Crippen molar-refractivity contribution in [1.82, 2.24) is 4.98 Å². The molecule has 0 aliphatic rings. The molecule has 1 aromatic rings. The highest BCUT2D eigenvalue weighted by molar-refractivity contribution is 5.52. The summed E-state index contributed by atoms with van der Waals surface area (Å²) in [7, 11) is 0. The van der Waals surface area contributed by atoms with Crippen molar-refractivity contribution in [3.8, 4) is 12.3 Å². The van der Waals surface area contributed by atoms with Crippen molar-refractivity contribution in [2.24, 2.45) is 0 Å². The SMILES string of the molecule is C#Cc1c[nH]c(=O)c(N)c1C. The number of nitrogens with two attached hydrogens (primary N) is 1. The Balaban J connectivity index is 3.52. The van der Waals surface area contributed by atoms with Crippen LogP contribution in [0.3, 0.4) is 0 Å². The Labute approximate surface area is 64.2 Å². The Hall–Kier alpha value is -1.69. The Morgan fingerprint density at radius 2 is 2.36 bits per heavy atom. The monoisotopic (exact) mass is 148 g/mol. The molecule has 0 unspecified atom stereocenters.